The highest BCUT2D eigenvalue weighted by Gasteiger charge is 2.24. The summed E-state index contributed by atoms with van der Waals surface area (Å²) in [6.07, 6.45) is 0. The molecule has 6 heteroatoms. The van der Waals surface area contributed by atoms with E-state index in [1.165, 1.54) is 10.7 Å². The van der Waals surface area contributed by atoms with Crippen LogP contribution in [0.3, 0.4) is 0 Å². The lowest BCUT2D eigenvalue weighted by Crippen LogP contribution is -2.40. The fraction of sp³-hybridized carbons (Fsp3) is 0.227. The Balaban J connectivity index is 1.93. The average molecular weight is 377 g/mol. The molecule has 6 nitrogen and oxygen atoms in total. The fourth-order valence-corrected chi connectivity index (χ4v) is 3.02. The molecule has 0 aliphatic heterocycles. The van der Waals surface area contributed by atoms with Gasteiger partial charge in [-0.1, -0.05) is 18.2 Å². The zero-order chi connectivity index (χ0) is 20.1. The van der Waals surface area contributed by atoms with Crippen LogP contribution in [0.2, 0.25) is 0 Å². The smallest absolute Gasteiger partial charge is 0.267 e. The third kappa shape index (κ3) is 3.96. The van der Waals surface area contributed by atoms with Crippen molar-refractivity contribution in [2.45, 2.75) is 19.9 Å². The Bertz CT molecular complexity index is 998. The SMILES string of the molecule is CCN(C(=O)C(C)n1nc(-c2ccc(OC)cc2)ccc1=O)c1ccccc1. The number of aromatic nitrogens is 2. The maximum atomic E-state index is 13.1. The average Bonchev–Trinajstić information content (AvgIpc) is 2.75. The minimum Gasteiger partial charge on any atom is -0.497 e. The Morgan fingerprint density at radius 3 is 2.36 bits per heavy atom. The number of likely N-dealkylation sites (N-methyl/N-ethyl adjacent to an activating group) is 1. The van der Waals surface area contributed by atoms with Crippen molar-refractivity contribution in [1.29, 1.82) is 0 Å². The molecule has 0 bridgehead atoms. The van der Waals surface area contributed by atoms with Crippen LogP contribution in [0.1, 0.15) is 19.9 Å². The van der Waals surface area contributed by atoms with Crippen molar-refractivity contribution in [3.05, 3.63) is 77.1 Å². The summed E-state index contributed by atoms with van der Waals surface area (Å²) in [5.74, 6) is 0.553. The van der Waals surface area contributed by atoms with Crippen molar-refractivity contribution in [2.75, 3.05) is 18.6 Å². The first kappa shape index (κ1) is 19.4. The summed E-state index contributed by atoms with van der Waals surface area (Å²) in [6, 6.07) is 19.2. The Hall–Kier alpha value is -3.41. The molecule has 28 heavy (non-hydrogen) atoms. The molecule has 1 amide bonds. The van der Waals surface area contributed by atoms with Crippen molar-refractivity contribution in [3.8, 4) is 17.0 Å². The van der Waals surface area contributed by atoms with E-state index in [0.717, 1.165) is 17.0 Å². The summed E-state index contributed by atoms with van der Waals surface area (Å²) in [5, 5.41) is 4.45. The maximum absolute atomic E-state index is 13.1. The number of carbonyl (C=O) groups is 1. The molecule has 3 aromatic rings. The maximum Gasteiger partial charge on any atom is 0.267 e. The molecule has 2 aromatic carbocycles. The molecule has 144 valence electrons. The van der Waals surface area contributed by atoms with Crippen LogP contribution in [0.4, 0.5) is 5.69 Å². The number of para-hydroxylation sites is 1. The van der Waals surface area contributed by atoms with Gasteiger partial charge in [-0.3, -0.25) is 9.59 Å². The van der Waals surface area contributed by atoms with E-state index in [9.17, 15) is 9.59 Å². The molecule has 0 aliphatic carbocycles. The van der Waals surface area contributed by atoms with Gasteiger partial charge in [0.2, 0.25) is 0 Å². The second-order valence-corrected chi connectivity index (χ2v) is 6.32. The standard InChI is InChI=1S/C22H23N3O3/c1-4-24(18-8-6-5-7-9-18)22(27)16(2)25-21(26)15-14-20(23-25)17-10-12-19(28-3)13-11-17/h5-16H,4H2,1-3H3. The van der Waals surface area contributed by atoms with Crippen molar-refractivity contribution in [3.63, 3.8) is 0 Å². The predicted molar refractivity (Wildman–Crippen MR) is 110 cm³/mol. The lowest BCUT2D eigenvalue weighted by Gasteiger charge is -2.25. The lowest BCUT2D eigenvalue weighted by molar-refractivity contribution is -0.121. The Morgan fingerprint density at radius 2 is 1.75 bits per heavy atom. The van der Waals surface area contributed by atoms with E-state index in [0.29, 0.717) is 12.2 Å². The van der Waals surface area contributed by atoms with Crippen LogP contribution in [0.25, 0.3) is 11.3 Å². The van der Waals surface area contributed by atoms with E-state index in [1.807, 2.05) is 61.5 Å². The number of ether oxygens (including phenoxy) is 1. The zero-order valence-electron chi connectivity index (χ0n) is 16.2. The van der Waals surface area contributed by atoms with Gasteiger partial charge in [-0.15, -0.1) is 0 Å². The number of nitrogens with zero attached hydrogens (tertiary/aromatic N) is 3. The van der Waals surface area contributed by atoms with Crippen LogP contribution in [0.5, 0.6) is 5.75 Å². The highest BCUT2D eigenvalue weighted by molar-refractivity contribution is 5.95. The Morgan fingerprint density at radius 1 is 1.07 bits per heavy atom. The largest absolute Gasteiger partial charge is 0.497 e. The van der Waals surface area contributed by atoms with Crippen LogP contribution in [0, 0.1) is 0 Å². The first-order valence-corrected chi connectivity index (χ1v) is 9.16. The van der Waals surface area contributed by atoms with Gasteiger partial charge in [-0.2, -0.15) is 5.10 Å². The van der Waals surface area contributed by atoms with Gasteiger partial charge >= 0.3 is 0 Å². The van der Waals surface area contributed by atoms with Crippen LogP contribution < -0.4 is 15.2 Å². The lowest BCUT2D eigenvalue weighted by atomic mass is 10.1. The van der Waals surface area contributed by atoms with Crippen molar-refractivity contribution in [1.82, 2.24) is 9.78 Å². The first-order valence-electron chi connectivity index (χ1n) is 9.16. The number of methoxy groups -OCH3 is 1. The highest BCUT2D eigenvalue weighted by Crippen LogP contribution is 2.21. The van der Waals surface area contributed by atoms with Gasteiger partial charge in [-0.25, -0.2) is 4.68 Å². The molecule has 0 spiro atoms. The van der Waals surface area contributed by atoms with Gasteiger partial charge in [-0.05, 0) is 56.3 Å². The van der Waals surface area contributed by atoms with Gasteiger partial charge in [0.05, 0.1) is 12.8 Å². The van der Waals surface area contributed by atoms with E-state index in [2.05, 4.69) is 5.10 Å². The number of carbonyl (C=O) groups excluding carboxylic acids is 1. The summed E-state index contributed by atoms with van der Waals surface area (Å²) in [7, 11) is 1.60. The van der Waals surface area contributed by atoms with Crippen LogP contribution in [0.15, 0.2) is 71.5 Å². The van der Waals surface area contributed by atoms with Crippen LogP contribution in [-0.4, -0.2) is 29.3 Å². The quantitative estimate of drug-likeness (QED) is 0.659. The van der Waals surface area contributed by atoms with Crippen LogP contribution >= 0.6 is 0 Å². The van der Waals surface area contributed by atoms with E-state index >= 15 is 0 Å². The van der Waals surface area contributed by atoms with Gasteiger partial charge < -0.3 is 9.64 Å². The molecule has 1 heterocycles. The molecule has 0 fully saturated rings. The molecule has 3 rings (SSSR count). The third-order valence-electron chi connectivity index (χ3n) is 4.59. The fourth-order valence-electron chi connectivity index (χ4n) is 3.02. The topological polar surface area (TPSA) is 64.4 Å². The molecule has 0 saturated heterocycles. The number of rotatable bonds is 6. The number of amides is 1. The summed E-state index contributed by atoms with van der Waals surface area (Å²) >= 11 is 0. The van der Waals surface area contributed by atoms with Crippen molar-refractivity contribution >= 4 is 11.6 Å². The summed E-state index contributed by atoms with van der Waals surface area (Å²) in [4.78, 5) is 27.1. The molecule has 1 unspecified atom stereocenters. The molecule has 1 atom stereocenters. The summed E-state index contributed by atoms with van der Waals surface area (Å²) in [6.45, 7) is 4.10. The monoisotopic (exact) mass is 377 g/mol. The van der Waals surface area contributed by atoms with E-state index in [1.54, 1.807) is 25.0 Å². The second kappa shape index (κ2) is 8.52. The molecule has 0 N–H and O–H groups in total. The molecule has 0 radical (unpaired) electrons. The van der Waals surface area contributed by atoms with E-state index in [-0.39, 0.29) is 11.5 Å². The van der Waals surface area contributed by atoms with E-state index in [4.69, 9.17) is 4.74 Å². The van der Waals surface area contributed by atoms with Crippen molar-refractivity contribution < 1.29 is 9.53 Å². The highest BCUT2D eigenvalue weighted by atomic mass is 16.5. The van der Waals surface area contributed by atoms with Gasteiger partial charge in [0.15, 0.2) is 0 Å². The number of anilines is 1. The molecular formula is C22H23N3O3. The number of benzene rings is 2. The van der Waals surface area contributed by atoms with E-state index < -0.39 is 6.04 Å². The summed E-state index contributed by atoms with van der Waals surface area (Å²) < 4.78 is 6.42. The normalized spacial score (nSPS) is 11.7. The number of hydrogen-bond donors (Lipinski definition) is 0. The third-order valence-corrected chi connectivity index (χ3v) is 4.59. The Kier molecular flexibility index (Phi) is 5.89. The zero-order valence-corrected chi connectivity index (χ0v) is 16.2. The molecule has 0 saturated carbocycles. The predicted octanol–water partition coefficient (Wildman–Crippen LogP) is 3.53. The first-order chi connectivity index (χ1) is 13.5. The summed E-state index contributed by atoms with van der Waals surface area (Å²) in [5.41, 5.74) is 1.93. The minimum absolute atomic E-state index is 0.185. The number of hydrogen-bond acceptors (Lipinski definition) is 4. The van der Waals surface area contributed by atoms with Gasteiger partial charge in [0, 0.05) is 23.9 Å². The Labute approximate surface area is 164 Å². The van der Waals surface area contributed by atoms with Gasteiger partial charge in [0.25, 0.3) is 11.5 Å². The van der Waals surface area contributed by atoms with Crippen LogP contribution in [-0.2, 0) is 4.79 Å². The second-order valence-electron chi connectivity index (χ2n) is 6.32. The molecule has 1 aromatic heterocycles. The molecule has 0 aliphatic rings. The van der Waals surface area contributed by atoms with Gasteiger partial charge in [0.1, 0.15) is 11.8 Å². The van der Waals surface area contributed by atoms with Crippen molar-refractivity contribution in [2.24, 2.45) is 0 Å². The minimum atomic E-state index is -0.731. The molecular weight excluding hydrogens is 354 g/mol.